The molecule has 3 aromatic carbocycles. The van der Waals surface area contributed by atoms with Gasteiger partial charge in [-0.05, 0) is 131 Å². The zero-order valence-corrected chi connectivity index (χ0v) is 65.0. The van der Waals surface area contributed by atoms with Crippen LogP contribution in [-0.4, -0.2) is 184 Å². The Hall–Kier alpha value is -5.73. The van der Waals surface area contributed by atoms with Crippen LogP contribution < -0.4 is 35.8 Å². The molecule has 5 aromatic rings. The van der Waals surface area contributed by atoms with Gasteiger partial charge in [-0.2, -0.15) is 8.62 Å². The van der Waals surface area contributed by atoms with E-state index in [-0.39, 0.29) is 86.5 Å². The van der Waals surface area contributed by atoms with Crippen molar-refractivity contribution < 1.29 is 109 Å². The number of amides is 1. The number of carbonyl (C=O) groups is 4. The van der Waals surface area contributed by atoms with Crippen molar-refractivity contribution in [1.82, 2.24) is 24.4 Å². The summed E-state index contributed by atoms with van der Waals surface area (Å²) in [5, 5.41) is 16.1. The summed E-state index contributed by atoms with van der Waals surface area (Å²) < 4.78 is 99.2. The van der Waals surface area contributed by atoms with Crippen LogP contribution in [-0.2, 0) is 111 Å². The minimum Gasteiger partial charge on any atom is -0.478 e. The van der Waals surface area contributed by atoms with Crippen LogP contribution in [0, 0.1) is 11.8 Å². The normalized spacial score (nSPS) is 18.8. The number of hydrogen-bond donors (Lipinski definition) is 7. The number of unbranched alkanes of at least 4 members (excludes halogenated alkanes) is 1. The molecule has 1 amide bonds. The lowest BCUT2D eigenvalue weighted by atomic mass is 9.81. The molecule has 106 heavy (non-hydrogen) atoms. The minimum absolute atomic E-state index is 0.00639. The number of Topliss-reactive ketones (excluding diaryl/α,β-unsaturated/α-hetero) is 1. The van der Waals surface area contributed by atoms with Crippen LogP contribution in [0.1, 0.15) is 157 Å². The molecule has 6 aliphatic rings. The Balaban J connectivity index is 0.536. The van der Waals surface area contributed by atoms with Gasteiger partial charge in [-0.25, -0.2) is 37.8 Å². The number of fused-ring (bicyclic) bond motifs is 5. The number of nitrogens with one attached hydrogen (secondary N) is 1. The second kappa shape index (κ2) is 36.9. The summed E-state index contributed by atoms with van der Waals surface area (Å²) in [6.07, 6.45) is 11.8. The summed E-state index contributed by atoms with van der Waals surface area (Å²) >= 11 is 5.25. The molecule has 1 fully saturated rings. The Bertz CT molecular complexity index is 4490. The Morgan fingerprint density at radius 3 is 2.37 bits per heavy atom. The predicted molar refractivity (Wildman–Crippen MR) is 400 cm³/mol. The van der Waals surface area contributed by atoms with Crippen LogP contribution >= 0.6 is 45.1 Å². The quantitative estimate of drug-likeness (QED) is 0.00280. The molecular weight excluding hydrogens is 1520 g/mol. The van der Waals surface area contributed by atoms with Gasteiger partial charge in [-0.1, -0.05) is 48.9 Å². The first-order valence-corrected chi connectivity index (χ1v) is 44.7. The number of nitrogen functional groups attached to an aromatic ring is 1. The van der Waals surface area contributed by atoms with Gasteiger partial charge in [0.2, 0.25) is 5.36 Å². The van der Waals surface area contributed by atoms with Gasteiger partial charge in [0, 0.05) is 115 Å². The Kier molecular flexibility index (Phi) is 28.3. The smallest absolute Gasteiger partial charge is 0.478 e. The fraction of sp³-hybridized carbons (Fsp3) is 0.551. The van der Waals surface area contributed by atoms with Crippen molar-refractivity contribution in [2.24, 2.45) is 0 Å². The lowest BCUT2D eigenvalue weighted by molar-refractivity contribution is -0.143. The van der Waals surface area contributed by atoms with E-state index in [1.165, 1.54) is 39.6 Å². The molecule has 0 aliphatic carbocycles. The van der Waals surface area contributed by atoms with E-state index in [0.717, 1.165) is 105 Å². The number of nitrogens with zero attached hydrogens (tertiary/aromatic N) is 5. The van der Waals surface area contributed by atoms with E-state index < -0.39 is 76.0 Å². The Morgan fingerprint density at radius 2 is 1.58 bits per heavy atom. The summed E-state index contributed by atoms with van der Waals surface area (Å²) in [6, 6.07) is 9.50. The van der Waals surface area contributed by atoms with E-state index in [1.807, 2.05) is 0 Å². The van der Waals surface area contributed by atoms with Crippen molar-refractivity contribution >= 4 is 118 Å². The topological polar surface area (TPSA) is 397 Å². The number of carboxylic acid groups (broad SMARTS) is 1. The van der Waals surface area contributed by atoms with Crippen LogP contribution in [0.3, 0.4) is 0 Å². The molecule has 8 heterocycles. The van der Waals surface area contributed by atoms with Crippen molar-refractivity contribution in [1.29, 1.82) is 0 Å². The lowest BCUT2D eigenvalue weighted by Gasteiger charge is -2.39. The SMILES string of the molecule is CS(=S)CO[C@H]1C[C@H](n2cc(C#CCCC(=O)OCCCCOCSSC(C)(C)CCOC(=O)NCCOCCOCCCC(=O)c3ccc(C(=O)O)c(C4=c5cc6c7c(c5Oc5c4cc4c8c5CCCN8CCC4)CCC[N+]=7CCC6)c3)c3c(N)ncnc32)O[C@@H]1COP(=O)(O)OP(=O)(O)OP(=O)(O)O. The standard InChI is InChI=1S/C69H88N7O23P3S4/c1-69(2,105-104-42-91-28-6-7-30-92-58(78)19-5-4-13-47-39-76(66-59(47)65(70)72-41-73-66)57-38-55(94-43-106(3)103)56(96-57)40-95-101(85,86)99-102(87,88)98-100(82,83)84)22-31-93-68(81)71-23-32-90-34-33-89-29-12-18-54(77)44-20-21-48(67(79)80)51(35-44)60-52-36-45-14-8-24-74-26-10-16-49(61(45)74)63(52)97-64-50-17-11-27-75-25-9-15-46(62(50)75)37-53(60)64/h20-21,35-37,39,41,55-57H,5-12,14-19,22-34,38,40,42-43H2,1-3H3,(H7-,70,71,72,73,79,80,81,82,83,84,85,86,87,88)/p+1/t55-,56+,57+,106?/m0/s1. The molecule has 1 saturated heterocycles. The number of rotatable bonds is 38. The lowest BCUT2D eigenvalue weighted by Crippen LogP contribution is -2.45. The van der Waals surface area contributed by atoms with E-state index in [0.29, 0.717) is 79.2 Å². The molecule has 6 atom stereocenters. The summed E-state index contributed by atoms with van der Waals surface area (Å²) in [5.74, 6) is 6.64. The van der Waals surface area contributed by atoms with Crippen molar-refractivity contribution in [2.45, 2.75) is 140 Å². The van der Waals surface area contributed by atoms with Gasteiger partial charge in [-0.15, -0.1) is 0 Å². The van der Waals surface area contributed by atoms with Gasteiger partial charge in [0.1, 0.15) is 60.7 Å². The number of hydrogen-bond acceptors (Lipinski definition) is 25. The van der Waals surface area contributed by atoms with Gasteiger partial charge in [0.15, 0.2) is 5.78 Å². The number of anilines is 2. The number of ketones is 1. The number of benzene rings is 3. The number of aromatic nitrogens is 3. The Morgan fingerprint density at radius 1 is 0.840 bits per heavy atom. The molecule has 0 saturated carbocycles. The van der Waals surface area contributed by atoms with Crippen molar-refractivity contribution in [3.05, 3.63) is 104 Å². The van der Waals surface area contributed by atoms with Gasteiger partial charge < -0.3 is 83.1 Å². The first-order valence-electron chi connectivity index (χ1n) is 35.1. The number of esters is 1. The number of aryl methyl sites for hydroxylation is 2. The maximum atomic E-state index is 14.0. The number of alkyl carbamates (subject to hydrolysis) is 1. The largest absolute Gasteiger partial charge is 0.490 e. The molecule has 0 bridgehead atoms. The van der Waals surface area contributed by atoms with Crippen molar-refractivity contribution in [3.63, 3.8) is 0 Å². The second-order valence-corrected chi connectivity index (χ2v) is 37.2. The summed E-state index contributed by atoms with van der Waals surface area (Å²) in [4.78, 5) is 101. The average molecular weight is 1610 g/mol. The number of carbonyl (C=O) groups excluding carboxylic acids is 3. The maximum Gasteiger partial charge on any atom is 0.490 e. The molecule has 11 rings (SSSR count). The minimum atomic E-state index is -5.77. The van der Waals surface area contributed by atoms with Crippen LogP contribution in [0.15, 0.2) is 42.9 Å². The first kappa shape index (κ1) is 81.3. The fourth-order valence-electron chi connectivity index (χ4n) is 13.9. The zero-order chi connectivity index (χ0) is 75.3. The van der Waals surface area contributed by atoms with Crippen LogP contribution in [0.2, 0.25) is 0 Å². The number of aromatic carboxylic acids is 1. The van der Waals surface area contributed by atoms with E-state index in [4.69, 9.17) is 69.1 Å². The summed E-state index contributed by atoms with van der Waals surface area (Å²) in [6.45, 7) is 9.65. The maximum absolute atomic E-state index is 14.0. The zero-order valence-electron chi connectivity index (χ0n) is 59.1. The van der Waals surface area contributed by atoms with E-state index in [9.17, 15) is 47.8 Å². The summed E-state index contributed by atoms with van der Waals surface area (Å²) in [7, 11) is -14.3. The van der Waals surface area contributed by atoms with E-state index >= 15 is 0 Å². The van der Waals surface area contributed by atoms with Crippen LogP contribution in [0.4, 0.5) is 16.3 Å². The average Bonchev–Trinajstić information content (AvgIpc) is 1.03. The molecular formula is C69H89N7O23P3S4+. The molecule has 576 valence electrons. The highest BCUT2D eigenvalue weighted by Crippen LogP contribution is 2.66. The van der Waals surface area contributed by atoms with Gasteiger partial charge in [0.05, 0.1) is 80.2 Å². The fourth-order valence-corrected chi connectivity index (χ4v) is 19.7. The van der Waals surface area contributed by atoms with Crippen LogP contribution in [0.25, 0.3) is 16.6 Å². The number of nitrogens with two attached hydrogens (primary N) is 1. The highest BCUT2D eigenvalue weighted by Gasteiger charge is 2.45. The van der Waals surface area contributed by atoms with Gasteiger partial charge >= 0.3 is 41.5 Å². The first-order chi connectivity index (χ1) is 50.7. The molecule has 3 unspecified atom stereocenters. The molecule has 0 radical (unpaired) electrons. The highest BCUT2D eigenvalue weighted by molar-refractivity contribution is 8.77. The Labute approximate surface area is 627 Å². The number of phosphoric ester groups is 1. The van der Waals surface area contributed by atoms with Crippen LogP contribution in [0.5, 0.6) is 11.5 Å². The second-order valence-electron chi connectivity index (χ2n) is 26.7. The van der Waals surface area contributed by atoms with Crippen molar-refractivity contribution in [2.75, 3.05) is 114 Å². The third-order valence-electron chi connectivity index (χ3n) is 18.5. The van der Waals surface area contributed by atoms with Gasteiger partial charge in [0.25, 0.3) is 0 Å². The molecule has 2 aromatic heterocycles. The number of phosphoric acid groups is 3. The van der Waals surface area contributed by atoms with E-state index in [1.54, 1.807) is 56.8 Å². The molecule has 6 aliphatic heterocycles. The monoisotopic (exact) mass is 1600 g/mol. The molecule has 8 N–H and O–H groups in total. The highest BCUT2D eigenvalue weighted by atomic mass is 33.1. The molecule has 0 spiro atoms. The van der Waals surface area contributed by atoms with Gasteiger partial charge in [-0.3, -0.25) is 14.1 Å². The third-order valence-corrected chi connectivity index (χ3v) is 26.1. The molecule has 37 heteroatoms. The third kappa shape index (κ3) is 21.4. The number of carboxylic acids is 1. The number of ether oxygens (including phenoxy) is 8. The van der Waals surface area contributed by atoms with Crippen molar-refractivity contribution in [3.8, 4) is 23.3 Å². The summed E-state index contributed by atoms with van der Waals surface area (Å²) in [5.41, 5.74) is 16.1. The predicted octanol–water partition coefficient (Wildman–Crippen LogP) is 8.23. The van der Waals surface area contributed by atoms with E-state index in [2.05, 4.69) is 71.2 Å². The molecule has 30 nitrogen and oxygen atoms in total.